The van der Waals surface area contributed by atoms with Crippen LogP contribution in [0.4, 0.5) is 11.5 Å². The molecular weight excluding hydrogens is 406 g/mol. The zero-order valence-corrected chi connectivity index (χ0v) is 19.3. The van der Waals surface area contributed by atoms with Crippen molar-refractivity contribution < 1.29 is 14.6 Å². The highest BCUT2D eigenvalue weighted by Crippen LogP contribution is 2.36. The molecule has 4 rings (SSSR count). The van der Waals surface area contributed by atoms with E-state index >= 15 is 0 Å². The van der Waals surface area contributed by atoms with E-state index in [2.05, 4.69) is 39.6 Å². The number of carboxylic acid groups (broad SMARTS) is 1. The topological polar surface area (TPSA) is 123 Å². The predicted molar refractivity (Wildman–Crippen MR) is 126 cm³/mol. The van der Waals surface area contributed by atoms with E-state index in [0.717, 1.165) is 11.3 Å². The number of hydrogen-bond donors (Lipinski definition) is 3. The normalized spacial score (nSPS) is 18.2. The number of nitrogens with one attached hydrogen (secondary N) is 1. The number of carboxylic acids is 1. The van der Waals surface area contributed by atoms with Crippen molar-refractivity contribution in [1.29, 1.82) is 0 Å². The van der Waals surface area contributed by atoms with Crippen LogP contribution in [0, 0.1) is 12.8 Å². The zero-order chi connectivity index (χ0) is 23.3. The lowest BCUT2D eigenvalue weighted by Crippen LogP contribution is -2.41. The van der Waals surface area contributed by atoms with Crippen molar-refractivity contribution in [3.8, 4) is 5.88 Å². The van der Waals surface area contributed by atoms with Crippen molar-refractivity contribution in [2.24, 2.45) is 10.9 Å². The number of nitrogens with zero attached hydrogens (tertiary/aromatic N) is 3. The van der Waals surface area contributed by atoms with E-state index in [4.69, 9.17) is 20.6 Å². The number of aryl methyl sites for hydroxylation is 1. The number of aliphatic imine (C=N–C) groups is 1. The van der Waals surface area contributed by atoms with Crippen molar-refractivity contribution in [1.82, 2.24) is 15.3 Å². The van der Waals surface area contributed by atoms with Crippen LogP contribution in [-0.4, -0.2) is 40.0 Å². The molecular formula is C24H33N5O3. The van der Waals surface area contributed by atoms with Crippen molar-refractivity contribution in [3.63, 3.8) is 0 Å². The third-order valence-corrected chi connectivity index (χ3v) is 5.74. The highest BCUT2D eigenvalue weighted by Gasteiger charge is 2.28. The molecule has 2 heterocycles. The van der Waals surface area contributed by atoms with Crippen molar-refractivity contribution in [3.05, 3.63) is 41.2 Å². The second kappa shape index (κ2) is 10.5. The van der Waals surface area contributed by atoms with E-state index in [9.17, 15) is 4.79 Å². The first-order valence-electron chi connectivity index (χ1n) is 11.2. The summed E-state index contributed by atoms with van der Waals surface area (Å²) in [7, 11) is 1.85. The number of ether oxygens (including phenoxy) is 1. The molecule has 2 aromatic rings. The molecule has 1 atom stereocenters. The van der Waals surface area contributed by atoms with Gasteiger partial charge in [-0.2, -0.15) is 4.98 Å². The number of anilines is 1. The second-order valence-electron chi connectivity index (χ2n) is 8.54. The Labute approximate surface area is 189 Å². The molecule has 0 bridgehead atoms. The summed E-state index contributed by atoms with van der Waals surface area (Å²) in [5.74, 6) is 1.07. The number of hydrogen-bond acceptors (Lipinski definition) is 7. The molecule has 0 spiro atoms. The fourth-order valence-corrected chi connectivity index (χ4v) is 3.87. The van der Waals surface area contributed by atoms with E-state index in [1.54, 1.807) is 20.8 Å². The van der Waals surface area contributed by atoms with E-state index in [1.807, 2.05) is 7.05 Å². The minimum absolute atomic E-state index is 0.231. The average molecular weight is 440 g/mol. The first kappa shape index (κ1) is 23.7. The summed E-state index contributed by atoms with van der Waals surface area (Å²) in [6.45, 7) is 5.07. The van der Waals surface area contributed by atoms with Crippen LogP contribution in [0.1, 0.15) is 68.8 Å². The fourth-order valence-electron chi connectivity index (χ4n) is 3.87. The minimum Gasteiger partial charge on any atom is -0.481 e. The number of carbonyl (C=O) groups is 1. The average Bonchev–Trinajstić information content (AvgIpc) is 2.79. The number of nitrogen functional groups attached to an aromatic ring is 1. The van der Waals surface area contributed by atoms with E-state index in [-0.39, 0.29) is 12.1 Å². The van der Waals surface area contributed by atoms with E-state index in [1.165, 1.54) is 37.7 Å². The summed E-state index contributed by atoms with van der Waals surface area (Å²) < 4.78 is 5.98. The molecule has 8 nitrogen and oxygen atoms in total. The highest BCUT2D eigenvalue weighted by atomic mass is 16.5. The maximum absolute atomic E-state index is 9.70. The Morgan fingerprint density at radius 2 is 1.78 bits per heavy atom. The summed E-state index contributed by atoms with van der Waals surface area (Å²) in [5, 5.41) is 11.1. The number of likely N-dealkylation sites (N-methyl/N-ethyl adjacent to an activating group) is 1. The molecule has 1 unspecified atom stereocenters. The van der Waals surface area contributed by atoms with Crippen LogP contribution in [0.3, 0.4) is 0 Å². The summed E-state index contributed by atoms with van der Waals surface area (Å²) in [5.41, 5.74) is 9.79. The molecule has 32 heavy (non-hydrogen) atoms. The third-order valence-electron chi connectivity index (χ3n) is 5.74. The number of aliphatic carboxylic acids is 1. The van der Waals surface area contributed by atoms with Crippen LogP contribution in [-0.2, 0) is 4.79 Å². The number of rotatable bonds is 4. The largest absolute Gasteiger partial charge is 0.481 e. The van der Waals surface area contributed by atoms with Gasteiger partial charge in [-0.3, -0.25) is 10.1 Å². The highest BCUT2D eigenvalue weighted by molar-refractivity contribution is 6.06. The van der Waals surface area contributed by atoms with Crippen LogP contribution < -0.4 is 15.8 Å². The van der Waals surface area contributed by atoms with Gasteiger partial charge >= 0.3 is 5.97 Å². The van der Waals surface area contributed by atoms with Gasteiger partial charge in [0.25, 0.3) is 0 Å². The lowest BCUT2D eigenvalue weighted by Gasteiger charge is -2.26. The lowest BCUT2D eigenvalue weighted by molar-refractivity contribution is -0.140. The quantitative estimate of drug-likeness (QED) is 0.652. The van der Waals surface area contributed by atoms with Gasteiger partial charge in [0.15, 0.2) is 17.7 Å². The maximum atomic E-state index is 9.70. The smallest absolute Gasteiger partial charge is 0.305 e. The van der Waals surface area contributed by atoms with Gasteiger partial charge < -0.3 is 15.6 Å². The van der Waals surface area contributed by atoms with E-state index < -0.39 is 5.97 Å². The van der Waals surface area contributed by atoms with Crippen molar-refractivity contribution in [2.45, 2.75) is 65.0 Å². The minimum atomic E-state index is -0.741. The Morgan fingerprint density at radius 1 is 1.16 bits per heavy atom. The van der Waals surface area contributed by atoms with Gasteiger partial charge in [-0.25, -0.2) is 9.98 Å². The Morgan fingerprint density at radius 3 is 2.34 bits per heavy atom. The monoisotopic (exact) mass is 439 g/mol. The Balaban J connectivity index is 0.000000427. The molecule has 1 aliphatic heterocycles. The van der Waals surface area contributed by atoms with Crippen LogP contribution >= 0.6 is 0 Å². The van der Waals surface area contributed by atoms with Crippen LogP contribution in [0.2, 0.25) is 0 Å². The van der Waals surface area contributed by atoms with Gasteiger partial charge in [-0.15, -0.1) is 0 Å². The van der Waals surface area contributed by atoms with Crippen molar-refractivity contribution in [2.75, 3.05) is 12.8 Å². The number of fused-ring (bicyclic) bond motifs is 1. The molecule has 1 saturated carbocycles. The first-order valence-corrected chi connectivity index (χ1v) is 11.2. The van der Waals surface area contributed by atoms with E-state index in [0.29, 0.717) is 29.1 Å². The number of aromatic nitrogens is 2. The van der Waals surface area contributed by atoms with Gasteiger partial charge in [0.2, 0.25) is 5.88 Å². The lowest BCUT2D eigenvalue weighted by atomic mass is 9.84. The van der Waals surface area contributed by atoms with Crippen LogP contribution in [0.25, 0.3) is 0 Å². The molecule has 1 aromatic heterocycles. The van der Waals surface area contributed by atoms with Gasteiger partial charge in [0, 0.05) is 5.56 Å². The summed E-state index contributed by atoms with van der Waals surface area (Å²) in [6.07, 6.45) is 6.27. The first-order chi connectivity index (χ1) is 15.3. The van der Waals surface area contributed by atoms with Gasteiger partial charge in [-0.05, 0) is 38.3 Å². The molecule has 1 aromatic carbocycles. The molecule has 1 fully saturated rings. The molecule has 0 saturated heterocycles. The number of benzene rings is 1. The molecule has 1 aliphatic carbocycles. The molecule has 0 amide bonds. The number of nitrogens with two attached hydrogens (primary N) is 1. The van der Waals surface area contributed by atoms with Crippen molar-refractivity contribution >= 4 is 23.2 Å². The molecule has 172 valence electrons. The van der Waals surface area contributed by atoms with Gasteiger partial charge in [0.05, 0.1) is 5.92 Å². The van der Waals surface area contributed by atoms with Crippen LogP contribution in [0.15, 0.2) is 29.3 Å². The standard InChI is InChI=1S/C20H25N5O.C4H8O2/c1-12-23-18(21)17-20(24-12)26-19(22-2)16(25-17)15-10-8-14(9-11-15)13-6-4-3-5-7-13;1-3(2)4(5)6/h8-11,13,19,22H,3-7H2,1-2H3,(H2,21,23,24);3H,1-2H3,(H,5,6). The second-order valence-corrected chi connectivity index (χ2v) is 8.54. The third kappa shape index (κ3) is 5.62. The summed E-state index contributed by atoms with van der Waals surface area (Å²) >= 11 is 0. The molecule has 2 aliphatic rings. The Bertz CT molecular complexity index is 966. The SMILES string of the molecule is CC(C)C(=O)O.CNC1Oc2nc(C)nc(N)c2N=C1c1ccc(C2CCCCC2)cc1. The molecule has 8 heteroatoms. The Hall–Kier alpha value is -3.00. The maximum Gasteiger partial charge on any atom is 0.305 e. The zero-order valence-electron chi connectivity index (χ0n) is 19.3. The summed E-state index contributed by atoms with van der Waals surface area (Å²) in [6, 6.07) is 8.72. The fraction of sp³-hybridized carbons (Fsp3) is 0.500. The molecule has 4 N–H and O–H groups in total. The molecule has 0 radical (unpaired) electrons. The van der Waals surface area contributed by atoms with Gasteiger partial charge in [-0.1, -0.05) is 57.4 Å². The van der Waals surface area contributed by atoms with Gasteiger partial charge in [0.1, 0.15) is 11.5 Å². The Kier molecular flexibility index (Phi) is 7.80. The summed E-state index contributed by atoms with van der Waals surface area (Å²) in [4.78, 5) is 22.9. The van der Waals surface area contributed by atoms with Crippen LogP contribution in [0.5, 0.6) is 5.88 Å². The predicted octanol–water partition coefficient (Wildman–Crippen LogP) is 4.20.